The third-order valence-electron chi connectivity index (χ3n) is 3.25. The molecule has 0 aliphatic heterocycles. The summed E-state index contributed by atoms with van der Waals surface area (Å²) < 4.78 is 33.4. The summed E-state index contributed by atoms with van der Waals surface area (Å²) in [6, 6.07) is 11.1. The van der Waals surface area contributed by atoms with E-state index in [4.69, 9.17) is 4.74 Å². The smallest absolute Gasteiger partial charge is 0.338 e. The Bertz CT molecular complexity index is 869. The van der Waals surface area contributed by atoms with Crippen LogP contribution in [0.2, 0.25) is 0 Å². The van der Waals surface area contributed by atoms with Gasteiger partial charge in [0.05, 0.1) is 28.4 Å². The summed E-state index contributed by atoms with van der Waals surface area (Å²) in [7, 11) is -3.80. The first-order valence-corrected chi connectivity index (χ1v) is 9.98. The van der Waals surface area contributed by atoms with Gasteiger partial charge in [0.2, 0.25) is 0 Å². The largest absolute Gasteiger partial charge is 0.462 e. The van der Waals surface area contributed by atoms with E-state index in [1.165, 1.54) is 18.2 Å². The van der Waals surface area contributed by atoms with E-state index in [-0.39, 0.29) is 22.8 Å². The van der Waals surface area contributed by atoms with E-state index in [1.54, 1.807) is 31.2 Å². The lowest BCUT2D eigenvalue weighted by molar-refractivity contribution is 0.0526. The number of esters is 1. The minimum Gasteiger partial charge on any atom is -0.462 e. The Kier molecular flexibility index (Phi) is 6.44. The molecule has 0 atom stereocenters. The third kappa shape index (κ3) is 4.96. The number of hydrogen-bond acceptors (Lipinski definition) is 5. The molecule has 0 amide bonds. The molecule has 2 aromatic carbocycles. The third-order valence-corrected chi connectivity index (χ3v) is 5.11. The van der Waals surface area contributed by atoms with Crippen LogP contribution in [0.3, 0.4) is 0 Å². The molecule has 0 fully saturated rings. The molecule has 2 N–H and O–H groups in total. The van der Waals surface area contributed by atoms with Crippen molar-refractivity contribution in [1.29, 1.82) is 0 Å². The van der Waals surface area contributed by atoms with Gasteiger partial charge in [0.15, 0.2) is 0 Å². The molecule has 0 unspecified atom stereocenters. The summed E-state index contributed by atoms with van der Waals surface area (Å²) in [5.74, 6) is -0.506. The van der Waals surface area contributed by atoms with Crippen molar-refractivity contribution in [2.24, 2.45) is 0 Å². The van der Waals surface area contributed by atoms with Crippen molar-refractivity contribution in [2.45, 2.75) is 18.7 Å². The zero-order valence-corrected chi connectivity index (χ0v) is 16.3. The molecule has 0 saturated heterocycles. The van der Waals surface area contributed by atoms with Gasteiger partial charge in [-0.05, 0) is 50.2 Å². The number of carbonyl (C=O) groups excluding carboxylic acids is 1. The second-order valence-corrected chi connectivity index (χ2v) is 7.67. The molecule has 0 heterocycles. The normalized spacial score (nSPS) is 11.0. The Balaban J connectivity index is 2.41. The fraction of sp³-hybridized carbons (Fsp3) is 0.235. The van der Waals surface area contributed by atoms with Gasteiger partial charge in [0.1, 0.15) is 0 Å². The van der Waals surface area contributed by atoms with Crippen LogP contribution in [0.15, 0.2) is 51.8 Å². The molecule has 0 aliphatic rings. The van der Waals surface area contributed by atoms with Crippen LogP contribution in [-0.2, 0) is 14.8 Å². The zero-order chi connectivity index (χ0) is 18.4. The first-order chi connectivity index (χ1) is 11.9. The van der Waals surface area contributed by atoms with Crippen molar-refractivity contribution in [3.05, 3.63) is 52.5 Å². The number of ether oxygens (including phenoxy) is 1. The topological polar surface area (TPSA) is 84.5 Å². The average molecular weight is 427 g/mol. The maximum absolute atomic E-state index is 12.6. The molecule has 25 heavy (non-hydrogen) atoms. The zero-order valence-electron chi connectivity index (χ0n) is 13.9. The van der Waals surface area contributed by atoms with E-state index < -0.39 is 16.0 Å². The van der Waals surface area contributed by atoms with Crippen molar-refractivity contribution in [1.82, 2.24) is 0 Å². The van der Waals surface area contributed by atoms with Gasteiger partial charge in [-0.2, -0.15) is 0 Å². The van der Waals surface area contributed by atoms with E-state index in [2.05, 4.69) is 26.0 Å². The Labute approximate surface area is 155 Å². The molecule has 0 aliphatic carbocycles. The maximum atomic E-state index is 12.6. The van der Waals surface area contributed by atoms with Crippen molar-refractivity contribution in [3.8, 4) is 0 Å². The molecular weight excluding hydrogens is 408 g/mol. The van der Waals surface area contributed by atoms with Crippen LogP contribution in [0.4, 0.5) is 11.4 Å². The molecule has 0 aromatic heterocycles. The predicted octanol–water partition coefficient (Wildman–Crippen LogP) is 3.86. The molecule has 6 nitrogen and oxygen atoms in total. The lowest BCUT2D eigenvalue weighted by Gasteiger charge is -2.15. The van der Waals surface area contributed by atoms with Gasteiger partial charge < -0.3 is 10.1 Å². The lowest BCUT2D eigenvalue weighted by Crippen LogP contribution is -2.15. The molecule has 2 rings (SSSR count). The van der Waals surface area contributed by atoms with Crippen LogP contribution in [-0.4, -0.2) is 27.5 Å². The van der Waals surface area contributed by atoms with Gasteiger partial charge in [0.25, 0.3) is 10.0 Å². The van der Waals surface area contributed by atoms with Crippen molar-refractivity contribution < 1.29 is 17.9 Å². The molecule has 0 saturated carbocycles. The van der Waals surface area contributed by atoms with Crippen molar-refractivity contribution in [3.63, 3.8) is 0 Å². The van der Waals surface area contributed by atoms with Gasteiger partial charge in [0, 0.05) is 11.0 Å². The van der Waals surface area contributed by atoms with Crippen LogP contribution in [0.25, 0.3) is 0 Å². The van der Waals surface area contributed by atoms with E-state index in [0.29, 0.717) is 16.7 Å². The average Bonchev–Trinajstić information content (AvgIpc) is 2.56. The molecule has 0 bridgehead atoms. The van der Waals surface area contributed by atoms with Gasteiger partial charge >= 0.3 is 5.97 Å². The van der Waals surface area contributed by atoms with E-state index in [1.807, 2.05) is 6.92 Å². The molecular formula is C17H19BrN2O4S. The highest BCUT2D eigenvalue weighted by atomic mass is 79.9. The van der Waals surface area contributed by atoms with E-state index >= 15 is 0 Å². The van der Waals surface area contributed by atoms with E-state index in [0.717, 1.165) is 0 Å². The molecule has 134 valence electrons. The molecule has 2 aromatic rings. The van der Waals surface area contributed by atoms with Crippen LogP contribution in [0, 0.1) is 0 Å². The van der Waals surface area contributed by atoms with Crippen LogP contribution in [0.5, 0.6) is 0 Å². The number of halogens is 1. The monoisotopic (exact) mass is 426 g/mol. The number of rotatable bonds is 7. The highest BCUT2D eigenvalue weighted by molar-refractivity contribution is 9.10. The second kappa shape index (κ2) is 8.35. The number of carbonyl (C=O) groups is 1. The van der Waals surface area contributed by atoms with Crippen LogP contribution in [0.1, 0.15) is 24.2 Å². The molecule has 0 radical (unpaired) electrons. The van der Waals surface area contributed by atoms with Crippen molar-refractivity contribution in [2.75, 3.05) is 23.2 Å². The number of benzene rings is 2. The fourth-order valence-corrected chi connectivity index (χ4v) is 3.82. The molecule has 8 heteroatoms. The fourth-order valence-electron chi connectivity index (χ4n) is 2.15. The van der Waals surface area contributed by atoms with Gasteiger partial charge in [-0.25, -0.2) is 13.2 Å². The van der Waals surface area contributed by atoms with Crippen molar-refractivity contribution >= 4 is 43.3 Å². The van der Waals surface area contributed by atoms with Gasteiger partial charge in [-0.3, -0.25) is 4.72 Å². The number of hydrogen-bond donors (Lipinski definition) is 2. The quantitative estimate of drug-likeness (QED) is 0.656. The summed E-state index contributed by atoms with van der Waals surface area (Å²) in [6.07, 6.45) is 0. The standard InChI is InChI=1S/C17H19BrN2O4S/c1-3-19-15-9-8-12(17(21)24-4-2)10-16(15)20-25(22,23)14-7-5-6-13(18)11-14/h5-11,19-20H,3-4H2,1-2H3. The summed E-state index contributed by atoms with van der Waals surface area (Å²) in [6.45, 7) is 4.45. The number of anilines is 2. The van der Waals surface area contributed by atoms with Crippen LogP contribution >= 0.6 is 15.9 Å². The summed E-state index contributed by atoms with van der Waals surface area (Å²) in [4.78, 5) is 12.0. The summed E-state index contributed by atoms with van der Waals surface area (Å²) in [5.41, 5.74) is 1.14. The summed E-state index contributed by atoms with van der Waals surface area (Å²) in [5, 5.41) is 3.07. The van der Waals surface area contributed by atoms with Crippen LogP contribution < -0.4 is 10.0 Å². The Hall–Kier alpha value is -2.06. The second-order valence-electron chi connectivity index (χ2n) is 5.07. The lowest BCUT2D eigenvalue weighted by atomic mass is 10.1. The summed E-state index contributed by atoms with van der Waals surface area (Å²) >= 11 is 3.26. The predicted molar refractivity (Wildman–Crippen MR) is 102 cm³/mol. The minimum atomic E-state index is -3.80. The van der Waals surface area contributed by atoms with Gasteiger partial charge in [-0.1, -0.05) is 22.0 Å². The first-order valence-electron chi connectivity index (χ1n) is 7.70. The Morgan fingerprint density at radius 2 is 1.88 bits per heavy atom. The molecule has 0 spiro atoms. The number of sulfonamides is 1. The minimum absolute atomic E-state index is 0.117. The maximum Gasteiger partial charge on any atom is 0.338 e. The highest BCUT2D eigenvalue weighted by Crippen LogP contribution is 2.27. The van der Waals surface area contributed by atoms with Gasteiger partial charge in [-0.15, -0.1) is 0 Å². The first kappa shape index (κ1) is 19.3. The number of nitrogens with one attached hydrogen (secondary N) is 2. The Morgan fingerprint density at radius 3 is 2.52 bits per heavy atom. The SMILES string of the molecule is CCNc1ccc(C(=O)OCC)cc1NS(=O)(=O)c1cccc(Br)c1. The highest BCUT2D eigenvalue weighted by Gasteiger charge is 2.18. The van der Waals surface area contributed by atoms with E-state index in [9.17, 15) is 13.2 Å². The Morgan fingerprint density at radius 1 is 1.12 bits per heavy atom.